The number of fused-ring (bicyclic) bond motifs is 1. The number of nitrogens with two attached hydrogens (primary N) is 1. The number of anilines is 1. The Balaban J connectivity index is 1.93. The van der Waals surface area contributed by atoms with Crippen molar-refractivity contribution in [2.75, 3.05) is 12.3 Å². The summed E-state index contributed by atoms with van der Waals surface area (Å²) in [6.07, 6.45) is -8.58. The van der Waals surface area contributed by atoms with Crippen LogP contribution in [0, 0.1) is 12.8 Å². The number of hydrogen-bond acceptors (Lipinski definition) is 4. The fourth-order valence-corrected chi connectivity index (χ4v) is 3.15. The van der Waals surface area contributed by atoms with Gasteiger partial charge in [-0.1, -0.05) is 6.92 Å². The minimum absolute atomic E-state index is 0.0248. The lowest BCUT2D eigenvalue weighted by Crippen LogP contribution is -2.39. The van der Waals surface area contributed by atoms with E-state index in [0.717, 1.165) is 24.0 Å². The lowest BCUT2D eigenvalue weighted by Gasteiger charge is -2.27. The van der Waals surface area contributed by atoms with E-state index in [4.69, 9.17) is 5.73 Å². The molecule has 3 aromatic rings. The van der Waals surface area contributed by atoms with E-state index in [1.54, 1.807) is 13.0 Å². The highest BCUT2D eigenvalue weighted by molar-refractivity contribution is 5.98. The Labute approximate surface area is 185 Å². The summed E-state index contributed by atoms with van der Waals surface area (Å²) < 4.78 is 77.9. The second kappa shape index (κ2) is 8.87. The van der Waals surface area contributed by atoms with Gasteiger partial charge in [0.2, 0.25) is 0 Å². The fraction of sp³-hybridized carbons (Fsp3) is 0.318. The van der Waals surface area contributed by atoms with E-state index in [-0.39, 0.29) is 11.3 Å². The Kier molecular flexibility index (Phi) is 6.53. The van der Waals surface area contributed by atoms with Gasteiger partial charge in [-0.15, -0.1) is 0 Å². The normalized spacial score (nSPS) is 13.2. The zero-order valence-corrected chi connectivity index (χ0v) is 17.6. The van der Waals surface area contributed by atoms with Crippen molar-refractivity contribution >= 4 is 22.6 Å². The van der Waals surface area contributed by atoms with Gasteiger partial charge in [0, 0.05) is 23.7 Å². The summed E-state index contributed by atoms with van der Waals surface area (Å²) in [7, 11) is 0. The average Bonchev–Trinajstić information content (AvgIpc) is 2.72. The van der Waals surface area contributed by atoms with Gasteiger partial charge in [-0.2, -0.15) is 26.3 Å². The van der Waals surface area contributed by atoms with Crippen LogP contribution in [0.3, 0.4) is 0 Å². The number of hydrogen-bond donors (Lipinski definition) is 1. The van der Waals surface area contributed by atoms with Crippen LogP contribution in [0.25, 0.3) is 10.9 Å². The maximum Gasteiger partial charge on any atom is 0.417 e. The second-order valence-electron chi connectivity index (χ2n) is 7.76. The van der Waals surface area contributed by atoms with Crippen LogP contribution in [0.4, 0.5) is 32.2 Å². The van der Waals surface area contributed by atoms with E-state index in [2.05, 4.69) is 9.97 Å². The molecule has 5 nitrogen and oxygen atoms in total. The van der Waals surface area contributed by atoms with Crippen molar-refractivity contribution in [1.29, 1.82) is 0 Å². The van der Waals surface area contributed by atoms with Crippen LogP contribution in [-0.2, 0) is 12.7 Å². The van der Waals surface area contributed by atoms with E-state index in [9.17, 15) is 31.1 Å². The quantitative estimate of drug-likeness (QED) is 0.509. The fourth-order valence-electron chi connectivity index (χ4n) is 3.15. The molecule has 0 bridgehead atoms. The molecule has 3 rings (SSSR count). The molecule has 2 N–H and O–H groups in total. The number of amides is 1. The van der Waals surface area contributed by atoms with E-state index < -0.39 is 42.8 Å². The minimum atomic E-state index is -4.60. The molecule has 11 heteroatoms. The molecule has 0 spiro atoms. The molecule has 2 heterocycles. The lowest BCUT2D eigenvalue weighted by atomic mass is 10.1. The minimum Gasteiger partial charge on any atom is -0.383 e. The zero-order valence-electron chi connectivity index (χ0n) is 17.6. The number of pyridine rings is 2. The molecule has 1 aromatic carbocycles. The molecular weight excluding hydrogens is 450 g/mol. The van der Waals surface area contributed by atoms with E-state index in [1.807, 2.05) is 0 Å². The van der Waals surface area contributed by atoms with Gasteiger partial charge in [0.05, 0.1) is 29.2 Å². The molecule has 0 saturated heterocycles. The number of nitrogen functional groups attached to an aromatic ring is 1. The van der Waals surface area contributed by atoms with E-state index >= 15 is 0 Å². The summed E-state index contributed by atoms with van der Waals surface area (Å²) in [5, 5.41) is 0.573. The number of benzene rings is 1. The number of aromatic nitrogens is 2. The Morgan fingerprint density at radius 2 is 1.79 bits per heavy atom. The molecule has 0 aliphatic rings. The van der Waals surface area contributed by atoms with Crippen LogP contribution in [0.5, 0.6) is 0 Å². The number of aryl methyl sites for hydroxylation is 1. The largest absolute Gasteiger partial charge is 0.417 e. The smallest absolute Gasteiger partial charge is 0.383 e. The summed E-state index contributed by atoms with van der Waals surface area (Å²) in [6.45, 7) is 1.57. The summed E-state index contributed by atoms with van der Waals surface area (Å²) in [5.41, 5.74) is 6.09. The van der Waals surface area contributed by atoms with Gasteiger partial charge >= 0.3 is 12.4 Å². The molecule has 0 fully saturated rings. The monoisotopic (exact) mass is 470 g/mol. The number of rotatable bonds is 5. The van der Waals surface area contributed by atoms with Crippen molar-refractivity contribution in [1.82, 2.24) is 14.9 Å². The van der Waals surface area contributed by atoms with Gasteiger partial charge in [0.25, 0.3) is 5.91 Å². The zero-order chi connectivity index (χ0) is 24.6. The van der Waals surface area contributed by atoms with Crippen molar-refractivity contribution in [3.05, 3.63) is 65.0 Å². The third kappa shape index (κ3) is 5.71. The molecule has 0 aliphatic heterocycles. The first kappa shape index (κ1) is 24.3. The maximum absolute atomic E-state index is 13.2. The van der Waals surface area contributed by atoms with Crippen molar-refractivity contribution < 1.29 is 31.1 Å². The molecule has 0 saturated carbocycles. The number of alkyl halides is 6. The summed E-state index contributed by atoms with van der Waals surface area (Å²) in [5.74, 6) is -2.26. The molecule has 2 aromatic heterocycles. The first-order valence-corrected chi connectivity index (χ1v) is 9.80. The number of nitrogens with zero attached hydrogens (tertiary/aromatic N) is 3. The molecule has 176 valence electrons. The Bertz CT molecular complexity index is 1160. The van der Waals surface area contributed by atoms with Gasteiger partial charge < -0.3 is 10.6 Å². The van der Waals surface area contributed by atoms with Gasteiger partial charge in [0.1, 0.15) is 5.82 Å². The lowest BCUT2D eigenvalue weighted by molar-refractivity contribution is -0.172. The van der Waals surface area contributed by atoms with E-state index in [0.29, 0.717) is 28.5 Å². The van der Waals surface area contributed by atoms with Crippen LogP contribution < -0.4 is 5.73 Å². The highest BCUT2D eigenvalue weighted by Crippen LogP contribution is 2.30. The Hall–Kier alpha value is -3.37. The second-order valence-corrected chi connectivity index (χ2v) is 7.76. The SMILES string of the molecule is Cc1cc2cc(C(=O)N(Cc3ccc(C(F)(F)F)cn3)C[C@H](C)C(F)(F)F)ccc2nc1N. The average molecular weight is 470 g/mol. The third-order valence-corrected chi connectivity index (χ3v) is 5.14. The highest BCUT2D eigenvalue weighted by Gasteiger charge is 2.38. The highest BCUT2D eigenvalue weighted by atomic mass is 19.4. The summed E-state index contributed by atoms with van der Waals surface area (Å²) in [4.78, 5) is 21.9. The summed E-state index contributed by atoms with van der Waals surface area (Å²) >= 11 is 0. The van der Waals surface area contributed by atoms with Gasteiger partial charge in [-0.05, 0) is 48.9 Å². The van der Waals surface area contributed by atoms with Crippen LogP contribution in [0.1, 0.15) is 34.1 Å². The first-order chi connectivity index (χ1) is 15.3. The van der Waals surface area contributed by atoms with Crippen LogP contribution in [-0.4, -0.2) is 33.5 Å². The van der Waals surface area contributed by atoms with Gasteiger partial charge in [-0.25, -0.2) is 4.98 Å². The molecular formula is C22H20F6N4O. The first-order valence-electron chi connectivity index (χ1n) is 9.80. The topological polar surface area (TPSA) is 72.1 Å². The third-order valence-electron chi connectivity index (χ3n) is 5.14. The van der Waals surface area contributed by atoms with Gasteiger partial charge in [-0.3, -0.25) is 9.78 Å². The summed E-state index contributed by atoms with van der Waals surface area (Å²) in [6, 6.07) is 7.94. The molecule has 0 aliphatic carbocycles. The molecule has 33 heavy (non-hydrogen) atoms. The molecule has 0 radical (unpaired) electrons. The number of carbonyl (C=O) groups excluding carboxylic acids is 1. The van der Waals surface area contributed by atoms with Crippen molar-refractivity contribution in [2.24, 2.45) is 5.92 Å². The van der Waals surface area contributed by atoms with Crippen molar-refractivity contribution in [3.63, 3.8) is 0 Å². The molecule has 1 atom stereocenters. The van der Waals surface area contributed by atoms with Crippen molar-refractivity contribution in [2.45, 2.75) is 32.7 Å². The van der Waals surface area contributed by atoms with Crippen LogP contribution in [0.2, 0.25) is 0 Å². The Morgan fingerprint density at radius 3 is 2.36 bits per heavy atom. The van der Waals surface area contributed by atoms with Gasteiger partial charge in [0.15, 0.2) is 0 Å². The molecule has 1 amide bonds. The van der Waals surface area contributed by atoms with Crippen LogP contribution >= 0.6 is 0 Å². The predicted molar refractivity (Wildman–Crippen MR) is 110 cm³/mol. The van der Waals surface area contributed by atoms with E-state index in [1.165, 1.54) is 18.2 Å². The maximum atomic E-state index is 13.2. The number of carbonyl (C=O) groups is 1. The molecule has 0 unspecified atom stereocenters. The van der Waals surface area contributed by atoms with Crippen molar-refractivity contribution in [3.8, 4) is 0 Å². The standard InChI is InChI=1S/C22H20F6N4O/c1-12-7-15-8-14(3-6-18(15)31-19(12)29)20(33)32(10-13(2)21(23,24)25)11-17-5-4-16(9-30-17)22(26,27)28/h3-9,13H,10-11H2,1-2H3,(H2,29,31)/t13-/m0/s1. The van der Waals surface area contributed by atoms with Crippen LogP contribution in [0.15, 0.2) is 42.6 Å². The predicted octanol–water partition coefficient (Wildman–Crippen LogP) is 5.38. The Morgan fingerprint density at radius 1 is 1.09 bits per heavy atom. The number of halogens is 6.